The first-order chi connectivity index (χ1) is 13.3. The van der Waals surface area contributed by atoms with Gasteiger partial charge in [-0.25, -0.2) is 4.79 Å². The highest BCUT2D eigenvalue weighted by molar-refractivity contribution is 5.99. The number of rotatable bonds is 5. The first-order valence-corrected chi connectivity index (χ1v) is 9.27. The molecule has 1 fully saturated rings. The number of amides is 2. The second-order valence-electron chi connectivity index (χ2n) is 7.31. The predicted octanol–water partition coefficient (Wildman–Crippen LogP) is 3.55. The Labute approximate surface area is 164 Å². The maximum absolute atomic E-state index is 12.7. The highest BCUT2D eigenvalue weighted by Crippen LogP contribution is 2.30. The van der Waals surface area contributed by atoms with Crippen LogP contribution in [0.4, 0.5) is 5.69 Å². The van der Waals surface area contributed by atoms with E-state index in [1.165, 1.54) is 6.07 Å². The normalized spacial score (nSPS) is 17.5. The van der Waals surface area contributed by atoms with Crippen molar-refractivity contribution in [3.05, 3.63) is 64.7 Å². The molecule has 1 aliphatic rings. The minimum Gasteiger partial charge on any atom is -0.478 e. The molecule has 0 aliphatic carbocycles. The zero-order chi connectivity index (χ0) is 20.4. The van der Waals surface area contributed by atoms with Crippen molar-refractivity contribution in [2.45, 2.75) is 33.2 Å². The van der Waals surface area contributed by atoms with E-state index < -0.39 is 11.9 Å². The van der Waals surface area contributed by atoms with E-state index in [1.807, 2.05) is 44.2 Å². The molecule has 6 nitrogen and oxygen atoms in total. The van der Waals surface area contributed by atoms with Crippen LogP contribution >= 0.6 is 0 Å². The van der Waals surface area contributed by atoms with Gasteiger partial charge in [-0.2, -0.15) is 0 Å². The lowest BCUT2D eigenvalue weighted by Gasteiger charge is -2.25. The number of hydrogen-bond donors (Lipinski definition) is 2. The molecule has 2 unspecified atom stereocenters. The van der Waals surface area contributed by atoms with E-state index in [9.17, 15) is 19.5 Å². The van der Waals surface area contributed by atoms with Gasteiger partial charge in [0.15, 0.2) is 0 Å². The molecule has 6 heteroatoms. The highest BCUT2D eigenvalue weighted by atomic mass is 16.4. The highest BCUT2D eigenvalue weighted by Gasteiger charge is 2.37. The summed E-state index contributed by atoms with van der Waals surface area (Å²) in [6, 6.07) is 12.8. The van der Waals surface area contributed by atoms with Crippen molar-refractivity contribution in [2.75, 3.05) is 11.9 Å². The van der Waals surface area contributed by atoms with Crippen LogP contribution in [0.3, 0.4) is 0 Å². The minimum absolute atomic E-state index is 0.0524. The van der Waals surface area contributed by atoms with Crippen molar-refractivity contribution in [1.82, 2.24) is 4.90 Å². The molecule has 0 bridgehead atoms. The number of aryl methyl sites for hydroxylation is 2. The first-order valence-electron chi connectivity index (χ1n) is 9.27. The fraction of sp³-hybridized carbons (Fsp3) is 0.318. The van der Waals surface area contributed by atoms with Crippen molar-refractivity contribution in [2.24, 2.45) is 5.92 Å². The van der Waals surface area contributed by atoms with Crippen molar-refractivity contribution in [1.29, 1.82) is 0 Å². The Bertz CT molecular complexity index is 924. The van der Waals surface area contributed by atoms with Crippen molar-refractivity contribution in [3.63, 3.8) is 0 Å². The standard InChI is InChI=1S/C22H24N2O4/c1-13-9-14(2)19(11-18(13)22(27)28)23-21(26)17-10-20(25)24(12-17)15(3)16-7-5-4-6-8-16/h4-9,11,15,17H,10,12H2,1-3H3,(H,23,26)(H,27,28). The van der Waals surface area contributed by atoms with Gasteiger partial charge in [0, 0.05) is 18.7 Å². The molecule has 2 aromatic rings. The molecule has 2 N–H and O–H groups in total. The number of benzene rings is 2. The van der Waals surface area contributed by atoms with Crippen LogP contribution in [0.15, 0.2) is 42.5 Å². The quantitative estimate of drug-likeness (QED) is 0.830. The summed E-state index contributed by atoms with van der Waals surface area (Å²) in [5.41, 5.74) is 3.08. The summed E-state index contributed by atoms with van der Waals surface area (Å²) in [6.07, 6.45) is 0.152. The number of carbonyl (C=O) groups is 3. The van der Waals surface area contributed by atoms with Gasteiger partial charge in [0.1, 0.15) is 0 Å². The number of carbonyl (C=O) groups excluding carboxylic acids is 2. The molecule has 0 aromatic heterocycles. The molecule has 0 saturated carbocycles. The third-order valence-corrected chi connectivity index (χ3v) is 5.34. The van der Waals surface area contributed by atoms with E-state index in [-0.39, 0.29) is 29.8 Å². The zero-order valence-electron chi connectivity index (χ0n) is 16.2. The summed E-state index contributed by atoms with van der Waals surface area (Å²) in [5.74, 6) is -1.82. The summed E-state index contributed by atoms with van der Waals surface area (Å²) >= 11 is 0. The van der Waals surface area contributed by atoms with Crippen molar-refractivity contribution < 1.29 is 19.5 Å². The minimum atomic E-state index is -1.04. The first kappa shape index (κ1) is 19.6. The molecular weight excluding hydrogens is 356 g/mol. The Morgan fingerprint density at radius 3 is 2.46 bits per heavy atom. The largest absolute Gasteiger partial charge is 0.478 e. The Morgan fingerprint density at radius 1 is 1.14 bits per heavy atom. The molecule has 1 heterocycles. The number of nitrogens with zero attached hydrogens (tertiary/aromatic N) is 1. The van der Waals surface area contributed by atoms with Gasteiger partial charge in [-0.05, 0) is 43.5 Å². The van der Waals surface area contributed by atoms with E-state index in [2.05, 4.69) is 5.32 Å². The Kier molecular flexibility index (Phi) is 5.49. The number of carboxylic acid groups (broad SMARTS) is 1. The number of carboxylic acids is 1. The number of aromatic carboxylic acids is 1. The molecule has 1 saturated heterocycles. The topological polar surface area (TPSA) is 86.7 Å². The molecule has 0 radical (unpaired) electrons. The average molecular weight is 380 g/mol. The van der Waals surface area contributed by atoms with Crippen LogP contribution in [0.1, 0.15) is 46.4 Å². The van der Waals surface area contributed by atoms with Crippen LogP contribution in [0, 0.1) is 19.8 Å². The summed E-state index contributed by atoms with van der Waals surface area (Å²) < 4.78 is 0. The van der Waals surface area contributed by atoms with E-state index in [0.717, 1.165) is 11.1 Å². The maximum atomic E-state index is 12.7. The van der Waals surface area contributed by atoms with Gasteiger partial charge in [-0.15, -0.1) is 0 Å². The second kappa shape index (κ2) is 7.84. The Balaban J connectivity index is 1.73. The molecule has 3 rings (SSSR count). The summed E-state index contributed by atoms with van der Waals surface area (Å²) in [6.45, 7) is 5.84. The third-order valence-electron chi connectivity index (χ3n) is 5.34. The molecule has 1 aliphatic heterocycles. The third kappa shape index (κ3) is 3.91. The number of hydrogen-bond acceptors (Lipinski definition) is 3. The smallest absolute Gasteiger partial charge is 0.336 e. The van der Waals surface area contributed by atoms with Gasteiger partial charge < -0.3 is 15.3 Å². The van der Waals surface area contributed by atoms with Crippen LogP contribution in [-0.4, -0.2) is 34.3 Å². The Morgan fingerprint density at radius 2 is 1.82 bits per heavy atom. The molecule has 2 atom stereocenters. The molecule has 0 spiro atoms. The maximum Gasteiger partial charge on any atom is 0.336 e. The SMILES string of the molecule is Cc1cc(C)c(C(=O)O)cc1NC(=O)C1CC(=O)N(C(C)c2ccccc2)C1. The van der Waals surface area contributed by atoms with Gasteiger partial charge in [0.25, 0.3) is 0 Å². The lowest BCUT2D eigenvalue weighted by atomic mass is 10.0. The van der Waals surface area contributed by atoms with Gasteiger partial charge in [-0.3, -0.25) is 9.59 Å². The summed E-state index contributed by atoms with van der Waals surface area (Å²) in [5, 5.41) is 12.1. The van der Waals surface area contributed by atoms with Crippen LogP contribution in [0.25, 0.3) is 0 Å². The predicted molar refractivity (Wildman–Crippen MR) is 106 cm³/mol. The van der Waals surface area contributed by atoms with E-state index in [1.54, 1.807) is 17.9 Å². The van der Waals surface area contributed by atoms with Gasteiger partial charge >= 0.3 is 5.97 Å². The van der Waals surface area contributed by atoms with E-state index >= 15 is 0 Å². The lowest BCUT2D eigenvalue weighted by Crippen LogP contribution is -2.30. The van der Waals surface area contributed by atoms with Crippen molar-refractivity contribution in [3.8, 4) is 0 Å². The second-order valence-corrected chi connectivity index (χ2v) is 7.31. The fourth-order valence-corrected chi connectivity index (χ4v) is 3.65. The fourth-order valence-electron chi connectivity index (χ4n) is 3.65. The van der Waals surface area contributed by atoms with Crippen LogP contribution in [-0.2, 0) is 9.59 Å². The molecule has 2 amide bonds. The number of anilines is 1. The van der Waals surface area contributed by atoms with Crippen LogP contribution in [0.2, 0.25) is 0 Å². The number of likely N-dealkylation sites (tertiary alicyclic amines) is 1. The van der Waals surface area contributed by atoms with E-state index in [0.29, 0.717) is 17.8 Å². The number of nitrogens with one attached hydrogen (secondary N) is 1. The Hall–Kier alpha value is -3.15. The molecule has 146 valence electrons. The average Bonchev–Trinajstić information content (AvgIpc) is 3.05. The van der Waals surface area contributed by atoms with Crippen molar-refractivity contribution >= 4 is 23.5 Å². The summed E-state index contributed by atoms with van der Waals surface area (Å²) in [4.78, 5) is 38.3. The van der Waals surface area contributed by atoms with E-state index in [4.69, 9.17) is 0 Å². The van der Waals surface area contributed by atoms with Gasteiger partial charge in [0.05, 0.1) is 17.5 Å². The van der Waals surface area contributed by atoms with Gasteiger partial charge in [0.2, 0.25) is 11.8 Å². The zero-order valence-corrected chi connectivity index (χ0v) is 16.2. The lowest BCUT2D eigenvalue weighted by molar-refractivity contribution is -0.129. The summed E-state index contributed by atoms with van der Waals surface area (Å²) in [7, 11) is 0. The molecule has 2 aromatic carbocycles. The van der Waals surface area contributed by atoms with Gasteiger partial charge in [-0.1, -0.05) is 36.4 Å². The van der Waals surface area contributed by atoms with Crippen LogP contribution < -0.4 is 5.32 Å². The molecule has 28 heavy (non-hydrogen) atoms. The monoisotopic (exact) mass is 380 g/mol. The van der Waals surface area contributed by atoms with Crippen LogP contribution in [0.5, 0.6) is 0 Å². The molecular formula is C22H24N2O4.